The summed E-state index contributed by atoms with van der Waals surface area (Å²) in [5, 5.41) is 8.78. The van der Waals surface area contributed by atoms with Crippen LogP contribution in [0.25, 0.3) is 0 Å². The quantitative estimate of drug-likeness (QED) is 0.408. The van der Waals surface area contributed by atoms with Gasteiger partial charge in [-0.1, -0.05) is 39.8 Å². The Labute approximate surface area is 208 Å². The van der Waals surface area contributed by atoms with Gasteiger partial charge in [0.2, 0.25) is 0 Å². The van der Waals surface area contributed by atoms with Gasteiger partial charge in [0.05, 0.1) is 13.0 Å². The van der Waals surface area contributed by atoms with Crippen molar-refractivity contribution in [1.29, 1.82) is 0 Å². The number of ketones is 1. The lowest BCUT2D eigenvalue weighted by atomic mass is 10.0. The molecule has 3 N–H and O–H groups in total. The standard InChI is InChI=1S/C14H23N.C13H18F2N2O3/c1-5-10-15(11-6-2)14-9-7-8-12(3)13(14)4;1-3-7(2)10(18)6-17-9-5-13(14,15)4-8(9)11(16)12(19)20/h7-9H,5-6,10-11H2,1-4H3;7H,3-6,16H2,1-2H3,(H,19,20)/b;11-8-,17-9?. The maximum absolute atomic E-state index is 13.4. The second kappa shape index (κ2) is 14.0. The highest BCUT2D eigenvalue weighted by Crippen LogP contribution is 2.37. The van der Waals surface area contributed by atoms with Gasteiger partial charge in [-0.3, -0.25) is 9.79 Å². The number of carboxylic acids is 1. The number of hydrogen-bond acceptors (Lipinski definition) is 5. The van der Waals surface area contributed by atoms with Crippen molar-refractivity contribution in [1.82, 2.24) is 0 Å². The fraction of sp³-hybridized carbons (Fsp3) is 0.593. The van der Waals surface area contributed by atoms with E-state index >= 15 is 0 Å². The van der Waals surface area contributed by atoms with E-state index in [-0.39, 0.29) is 29.5 Å². The number of anilines is 1. The molecule has 1 atom stereocenters. The molecule has 1 aromatic rings. The normalized spacial score (nSPS) is 18.0. The fourth-order valence-corrected chi connectivity index (χ4v) is 3.83. The number of carbonyl (C=O) groups excluding carboxylic acids is 1. The van der Waals surface area contributed by atoms with Crippen LogP contribution in [0.3, 0.4) is 0 Å². The Kier molecular flexibility index (Phi) is 12.1. The van der Waals surface area contributed by atoms with Crippen LogP contribution in [0, 0.1) is 19.8 Å². The molecular formula is C27H41F2N3O3. The van der Waals surface area contributed by atoms with Gasteiger partial charge in [0.1, 0.15) is 5.70 Å². The third-order valence-corrected chi connectivity index (χ3v) is 6.26. The molecule has 1 unspecified atom stereocenters. The number of Topliss-reactive ketones (excluding diaryl/α,β-unsaturated/α-hetero) is 1. The molecule has 0 radical (unpaired) electrons. The molecule has 0 amide bonds. The van der Waals surface area contributed by atoms with Crippen LogP contribution < -0.4 is 10.6 Å². The zero-order chi connectivity index (χ0) is 26.8. The van der Waals surface area contributed by atoms with Crippen LogP contribution in [0.2, 0.25) is 0 Å². The number of carbonyl (C=O) groups is 2. The Morgan fingerprint density at radius 2 is 1.74 bits per heavy atom. The highest BCUT2D eigenvalue weighted by molar-refractivity contribution is 6.09. The van der Waals surface area contributed by atoms with Crippen LogP contribution >= 0.6 is 0 Å². The average Bonchev–Trinajstić information content (AvgIpc) is 3.12. The van der Waals surface area contributed by atoms with E-state index in [0.717, 1.165) is 13.1 Å². The summed E-state index contributed by atoms with van der Waals surface area (Å²) in [6.45, 7) is 14.6. The molecule has 6 nitrogen and oxygen atoms in total. The molecular weight excluding hydrogens is 452 g/mol. The zero-order valence-corrected chi connectivity index (χ0v) is 22.0. The minimum atomic E-state index is -3.06. The van der Waals surface area contributed by atoms with Gasteiger partial charge in [-0.15, -0.1) is 0 Å². The first-order valence-electron chi connectivity index (χ1n) is 12.4. The van der Waals surface area contributed by atoms with E-state index < -0.39 is 30.4 Å². The number of hydrogen-bond donors (Lipinski definition) is 2. The van der Waals surface area contributed by atoms with Gasteiger partial charge >= 0.3 is 5.97 Å². The van der Waals surface area contributed by atoms with E-state index in [1.807, 2.05) is 6.92 Å². The molecule has 0 bridgehead atoms. The van der Waals surface area contributed by atoms with Gasteiger partial charge < -0.3 is 15.7 Å². The van der Waals surface area contributed by atoms with Crippen molar-refractivity contribution in [3.63, 3.8) is 0 Å². The Bertz CT molecular complexity index is 936. The number of aliphatic imine (C=N–C) groups is 1. The lowest BCUT2D eigenvalue weighted by Gasteiger charge is -2.26. The first-order valence-corrected chi connectivity index (χ1v) is 12.4. The number of nitrogens with two attached hydrogens (primary N) is 1. The van der Waals surface area contributed by atoms with E-state index in [4.69, 9.17) is 10.8 Å². The topological polar surface area (TPSA) is 96.0 Å². The highest BCUT2D eigenvalue weighted by Gasteiger charge is 2.42. The van der Waals surface area contributed by atoms with Crippen LogP contribution in [0.5, 0.6) is 0 Å². The van der Waals surface area contributed by atoms with Crippen molar-refractivity contribution < 1.29 is 23.5 Å². The van der Waals surface area contributed by atoms with E-state index in [2.05, 4.69) is 55.8 Å². The van der Waals surface area contributed by atoms with Crippen molar-refractivity contribution in [3.8, 4) is 0 Å². The summed E-state index contributed by atoms with van der Waals surface area (Å²) >= 11 is 0. The summed E-state index contributed by atoms with van der Waals surface area (Å²) in [5.41, 5.74) is 8.67. The predicted molar refractivity (Wildman–Crippen MR) is 139 cm³/mol. The van der Waals surface area contributed by atoms with Gasteiger partial charge in [0, 0.05) is 42.4 Å². The van der Waals surface area contributed by atoms with Crippen LogP contribution in [-0.4, -0.2) is 48.1 Å². The second-order valence-electron chi connectivity index (χ2n) is 9.15. The maximum atomic E-state index is 13.4. The van der Waals surface area contributed by atoms with Crippen LogP contribution in [0.1, 0.15) is 70.9 Å². The molecule has 1 saturated carbocycles. The molecule has 2 rings (SSSR count). The van der Waals surface area contributed by atoms with Gasteiger partial charge in [-0.2, -0.15) is 0 Å². The summed E-state index contributed by atoms with van der Waals surface area (Å²) in [4.78, 5) is 28.8. The van der Waals surface area contributed by atoms with Gasteiger partial charge in [0.25, 0.3) is 5.92 Å². The van der Waals surface area contributed by atoms with E-state index in [0.29, 0.717) is 6.42 Å². The number of aliphatic carboxylic acids is 1. The molecule has 196 valence electrons. The fourth-order valence-electron chi connectivity index (χ4n) is 3.83. The number of rotatable bonds is 10. The molecule has 0 saturated heterocycles. The summed E-state index contributed by atoms with van der Waals surface area (Å²) in [6, 6.07) is 6.60. The smallest absolute Gasteiger partial charge is 0.352 e. The number of allylic oxidation sites excluding steroid dienone is 1. The molecule has 1 aromatic carbocycles. The van der Waals surface area contributed by atoms with Crippen molar-refractivity contribution in [2.75, 3.05) is 24.5 Å². The summed E-state index contributed by atoms with van der Waals surface area (Å²) < 4.78 is 26.7. The van der Waals surface area contributed by atoms with Gasteiger partial charge in [0.15, 0.2) is 5.78 Å². The van der Waals surface area contributed by atoms with Crippen molar-refractivity contribution in [3.05, 3.63) is 40.6 Å². The average molecular weight is 494 g/mol. The molecule has 0 aliphatic heterocycles. The Morgan fingerprint density at radius 3 is 2.26 bits per heavy atom. The van der Waals surface area contributed by atoms with Crippen LogP contribution in [-0.2, 0) is 9.59 Å². The second-order valence-corrected chi connectivity index (χ2v) is 9.15. The lowest BCUT2D eigenvalue weighted by Crippen LogP contribution is -2.25. The van der Waals surface area contributed by atoms with E-state index in [1.165, 1.54) is 29.7 Å². The van der Waals surface area contributed by atoms with Crippen LogP contribution in [0.15, 0.2) is 34.5 Å². The molecule has 1 aliphatic carbocycles. The highest BCUT2D eigenvalue weighted by atomic mass is 19.3. The molecule has 0 heterocycles. The minimum Gasteiger partial charge on any atom is -0.477 e. The minimum absolute atomic E-state index is 0.0773. The van der Waals surface area contributed by atoms with Crippen molar-refractivity contribution >= 4 is 23.2 Å². The Balaban J connectivity index is 0.000000365. The Morgan fingerprint density at radius 1 is 1.14 bits per heavy atom. The van der Waals surface area contributed by atoms with Crippen molar-refractivity contribution in [2.24, 2.45) is 16.6 Å². The molecule has 35 heavy (non-hydrogen) atoms. The summed E-state index contributed by atoms with van der Waals surface area (Å²) in [5.74, 6) is -4.89. The third-order valence-electron chi connectivity index (χ3n) is 6.26. The summed E-state index contributed by atoms with van der Waals surface area (Å²) in [7, 11) is 0. The first kappa shape index (κ1) is 30.3. The molecule has 0 spiro atoms. The number of aryl methyl sites for hydroxylation is 1. The van der Waals surface area contributed by atoms with Crippen LogP contribution in [0.4, 0.5) is 14.5 Å². The summed E-state index contributed by atoms with van der Waals surface area (Å²) in [6.07, 6.45) is 1.64. The SMILES string of the molecule is CCC(C)C(=O)CN=C1CC(F)(F)C/C1=C(/N)C(=O)O.CCCN(CCC)c1cccc(C)c1C. The lowest BCUT2D eigenvalue weighted by molar-refractivity contribution is -0.132. The number of alkyl halides is 2. The Hall–Kier alpha value is -2.77. The van der Waals surface area contributed by atoms with E-state index in [1.54, 1.807) is 6.92 Å². The molecule has 1 fully saturated rings. The molecule has 1 aliphatic rings. The molecule has 0 aromatic heterocycles. The van der Waals surface area contributed by atoms with E-state index in [9.17, 15) is 18.4 Å². The molecule has 8 heteroatoms. The number of halogens is 2. The first-order chi connectivity index (χ1) is 16.4. The monoisotopic (exact) mass is 493 g/mol. The van der Waals surface area contributed by atoms with Gasteiger partial charge in [-0.05, 0) is 50.3 Å². The van der Waals surface area contributed by atoms with Crippen molar-refractivity contribution in [2.45, 2.75) is 79.6 Å². The predicted octanol–water partition coefficient (Wildman–Crippen LogP) is 5.70. The number of nitrogens with zero attached hydrogens (tertiary/aromatic N) is 2. The zero-order valence-electron chi connectivity index (χ0n) is 22.0. The number of benzene rings is 1. The van der Waals surface area contributed by atoms with Gasteiger partial charge in [-0.25, -0.2) is 13.6 Å². The largest absolute Gasteiger partial charge is 0.477 e. The third kappa shape index (κ3) is 9.07. The number of carboxylic acid groups (broad SMARTS) is 1. The maximum Gasteiger partial charge on any atom is 0.352 e.